The largest absolute Gasteiger partial charge is 0.321 e. The number of aromatic nitrogens is 2. The number of anilines is 2. The van der Waals surface area contributed by atoms with Crippen LogP contribution >= 0.6 is 35.1 Å². The number of nitrogens with zero attached hydrogens (tertiary/aromatic N) is 2. The molecule has 11 heteroatoms. The highest BCUT2D eigenvalue weighted by Crippen LogP contribution is 2.24. The SMILES string of the molecule is CCSc1nsc(NC(=O)CSc2cccc(NC(=O)/C(=C/c3ccc(C)cc3)NC(=O)c3ccccc3)c2)n1. The molecule has 0 unspecified atom stereocenters. The predicted molar refractivity (Wildman–Crippen MR) is 164 cm³/mol. The second kappa shape index (κ2) is 14.5. The first-order chi connectivity index (χ1) is 19.4. The summed E-state index contributed by atoms with van der Waals surface area (Å²) in [7, 11) is 0. The van der Waals surface area contributed by atoms with Crippen molar-refractivity contribution in [2.45, 2.75) is 23.9 Å². The van der Waals surface area contributed by atoms with E-state index in [1.165, 1.54) is 23.5 Å². The number of thioether (sulfide) groups is 2. The zero-order chi connectivity index (χ0) is 28.3. The van der Waals surface area contributed by atoms with Gasteiger partial charge in [-0.25, -0.2) is 0 Å². The molecule has 0 aliphatic carbocycles. The Balaban J connectivity index is 1.42. The van der Waals surface area contributed by atoms with Gasteiger partial charge in [0, 0.05) is 27.7 Å². The van der Waals surface area contributed by atoms with E-state index < -0.39 is 5.91 Å². The molecule has 0 saturated heterocycles. The minimum Gasteiger partial charge on any atom is -0.321 e. The van der Waals surface area contributed by atoms with Crippen molar-refractivity contribution < 1.29 is 14.4 Å². The molecule has 0 saturated carbocycles. The number of aryl methyl sites for hydroxylation is 1. The quantitative estimate of drug-likeness (QED) is 0.143. The molecule has 1 aromatic heterocycles. The molecule has 0 radical (unpaired) electrons. The van der Waals surface area contributed by atoms with Crippen LogP contribution in [-0.2, 0) is 9.59 Å². The number of amides is 3. The van der Waals surface area contributed by atoms with E-state index in [4.69, 9.17) is 0 Å². The minimum absolute atomic E-state index is 0.104. The maximum Gasteiger partial charge on any atom is 0.272 e. The fraction of sp³-hybridized carbons (Fsp3) is 0.138. The van der Waals surface area contributed by atoms with Gasteiger partial charge in [-0.15, -0.1) is 11.8 Å². The lowest BCUT2D eigenvalue weighted by Crippen LogP contribution is -2.30. The van der Waals surface area contributed by atoms with Crippen LogP contribution in [0, 0.1) is 6.92 Å². The minimum atomic E-state index is -0.471. The van der Waals surface area contributed by atoms with Gasteiger partial charge in [0.25, 0.3) is 11.8 Å². The second-order valence-corrected chi connectivity index (χ2v) is 11.5. The van der Waals surface area contributed by atoms with Crippen LogP contribution in [0.25, 0.3) is 6.08 Å². The summed E-state index contributed by atoms with van der Waals surface area (Å²) in [4.78, 5) is 43.6. The number of hydrogen-bond donors (Lipinski definition) is 3. The highest BCUT2D eigenvalue weighted by molar-refractivity contribution is 8.00. The van der Waals surface area contributed by atoms with Crippen molar-refractivity contribution in [1.82, 2.24) is 14.7 Å². The molecule has 1 heterocycles. The van der Waals surface area contributed by atoms with Crippen LogP contribution in [0.1, 0.15) is 28.4 Å². The molecule has 4 rings (SSSR count). The fourth-order valence-corrected chi connectivity index (χ4v) is 5.43. The Morgan fingerprint density at radius 3 is 2.45 bits per heavy atom. The smallest absolute Gasteiger partial charge is 0.272 e. The molecule has 0 aliphatic heterocycles. The van der Waals surface area contributed by atoms with Crippen LogP contribution in [0.15, 0.2) is 94.6 Å². The first-order valence-corrected chi connectivity index (χ1v) is 15.1. The van der Waals surface area contributed by atoms with Crippen LogP contribution in [0.5, 0.6) is 0 Å². The number of hydrogen-bond acceptors (Lipinski definition) is 8. The van der Waals surface area contributed by atoms with Crippen molar-refractivity contribution >= 4 is 69.7 Å². The number of nitrogens with one attached hydrogen (secondary N) is 3. The van der Waals surface area contributed by atoms with Crippen molar-refractivity contribution in [1.29, 1.82) is 0 Å². The number of benzene rings is 3. The van der Waals surface area contributed by atoms with E-state index in [0.717, 1.165) is 33.3 Å². The lowest BCUT2D eigenvalue weighted by Gasteiger charge is -2.12. The molecule has 8 nitrogen and oxygen atoms in total. The molecular weight excluding hydrogens is 563 g/mol. The van der Waals surface area contributed by atoms with E-state index in [1.54, 1.807) is 48.5 Å². The third-order valence-electron chi connectivity index (χ3n) is 5.31. The van der Waals surface area contributed by atoms with Crippen molar-refractivity contribution in [3.8, 4) is 0 Å². The second-order valence-electron chi connectivity index (χ2n) is 8.42. The van der Waals surface area contributed by atoms with E-state index in [0.29, 0.717) is 21.5 Å². The van der Waals surface area contributed by atoms with Gasteiger partial charge in [-0.2, -0.15) is 9.36 Å². The van der Waals surface area contributed by atoms with Gasteiger partial charge in [0.15, 0.2) is 0 Å². The Bertz CT molecular complexity index is 1500. The lowest BCUT2D eigenvalue weighted by molar-refractivity contribution is -0.114. The first kappa shape index (κ1) is 29.1. The van der Waals surface area contributed by atoms with Crippen molar-refractivity contribution in [3.63, 3.8) is 0 Å². The van der Waals surface area contributed by atoms with Crippen molar-refractivity contribution in [2.24, 2.45) is 0 Å². The molecule has 204 valence electrons. The maximum atomic E-state index is 13.3. The molecule has 0 atom stereocenters. The summed E-state index contributed by atoms with van der Waals surface area (Å²) >= 11 is 3.99. The summed E-state index contributed by atoms with van der Waals surface area (Å²) in [6, 6.07) is 23.5. The molecule has 0 fully saturated rings. The molecule has 40 heavy (non-hydrogen) atoms. The molecular formula is C29H27N5O3S3. The molecule has 0 spiro atoms. The number of carbonyl (C=O) groups is 3. The van der Waals surface area contributed by atoms with E-state index >= 15 is 0 Å². The molecule has 0 bridgehead atoms. The van der Waals surface area contributed by atoms with Gasteiger partial charge in [0.05, 0.1) is 5.75 Å². The van der Waals surface area contributed by atoms with Gasteiger partial charge >= 0.3 is 0 Å². The predicted octanol–water partition coefficient (Wildman–Crippen LogP) is 6.10. The summed E-state index contributed by atoms with van der Waals surface area (Å²) in [5.74, 6) is -0.0355. The maximum absolute atomic E-state index is 13.3. The highest BCUT2D eigenvalue weighted by atomic mass is 32.2. The molecule has 3 amide bonds. The van der Waals surface area contributed by atoms with Gasteiger partial charge in [-0.1, -0.05) is 72.8 Å². The van der Waals surface area contributed by atoms with Crippen molar-refractivity contribution in [2.75, 3.05) is 22.1 Å². The summed E-state index contributed by atoms with van der Waals surface area (Å²) in [6.45, 7) is 3.99. The average molecular weight is 590 g/mol. The Kier molecular flexibility index (Phi) is 10.5. The Morgan fingerprint density at radius 1 is 0.925 bits per heavy atom. The zero-order valence-corrected chi connectivity index (χ0v) is 24.3. The third-order valence-corrected chi connectivity index (χ3v) is 7.78. The molecule has 0 aliphatic rings. The van der Waals surface area contributed by atoms with E-state index in [2.05, 4.69) is 25.3 Å². The van der Waals surface area contributed by atoms with E-state index in [1.807, 2.05) is 50.2 Å². The number of carbonyl (C=O) groups excluding carboxylic acids is 3. The number of rotatable bonds is 11. The first-order valence-electron chi connectivity index (χ1n) is 12.3. The van der Waals surface area contributed by atoms with Crippen LogP contribution < -0.4 is 16.0 Å². The van der Waals surface area contributed by atoms with Crippen LogP contribution in [0.4, 0.5) is 10.8 Å². The van der Waals surface area contributed by atoms with Gasteiger partial charge in [0.1, 0.15) is 5.70 Å². The average Bonchev–Trinajstić information content (AvgIpc) is 3.40. The fourth-order valence-electron chi connectivity index (χ4n) is 3.39. The molecule has 4 aromatic rings. The summed E-state index contributed by atoms with van der Waals surface area (Å²) in [5.41, 5.74) is 2.94. The van der Waals surface area contributed by atoms with Crippen molar-refractivity contribution in [3.05, 3.63) is 101 Å². The van der Waals surface area contributed by atoms with Gasteiger partial charge in [-0.3, -0.25) is 19.7 Å². The Morgan fingerprint density at radius 2 is 1.70 bits per heavy atom. The van der Waals surface area contributed by atoms with Crippen LogP contribution in [-0.4, -0.2) is 38.6 Å². The molecule has 3 N–H and O–H groups in total. The molecule has 3 aromatic carbocycles. The summed E-state index contributed by atoms with van der Waals surface area (Å²) in [6.07, 6.45) is 1.64. The lowest BCUT2D eigenvalue weighted by atomic mass is 10.1. The summed E-state index contributed by atoms with van der Waals surface area (Å²) < 4.78 is 4.20. The Hall–Kier alpha value is -3.93. The van der Waals surface area contributed by atoms with E-state index in [9.17, 15) is 14.4 Å². The normalized spacial score (nSPS) is 11.1. The van der Waals surface area contributed by atoms with Gasteiger partial charge < -0.3 is 10.6 Å². The summed E-state index contributed by atoms with van der Waals surface area (Å²) in [5, 5.41) is 9.48. The van der Waals surface area contributed by atoms with Gasteiger partial charge in [0.2, 0.25) is 16.2 Å². The Labute approximate surface area is 245 Å². The van der Waals surface area contributed by atoms with Crippen LogP contribution in [0.3, 0.4) is 0 Å². The zero-order valence-electron chi connectivity index (χ0n) is 21.8. The third kappa shape index (κ3) is 8.80. The monoisotopic (exact) mass is 589 g/mol. The highest BCUT2D eigenvalue weighted by Gasteiger charge is 2.16. The van der Waals surface area contributed by atoms with E-state index in [-0.39, 0.29) is 23.3 Å². The standard InChI is InChI=1S/C29H27N5O3S3/c1-3-38-29-33-28(40-34-29)32-25(35)18-39-23-11-7-10-22(17-23)30-27(37)24(16-20-14-12-19(2)13-15-20)31-26(36)21-8-5-4-6-9-21/h4-17H,3,18H2,1-2H3,(H,30,37)(H,31,36)(H,32,33,34,35)/b24-16-. The van der Waals surface area contributed by atoms with Gasteiger partial charge in [-0.05, 0) is 54.6 Å². The topological polar surface area (TPSA) is 113 Å². The van der Waals surface area contributed by atoms with Crippen LogP contribution in [0.2, 0.25) is 0 Å².